The van der Waals surface area contributed by atoms with Crippen molar-refractivity contribution in [2.75, 3.05) is 9.80 Å². The summed E-state index contributed by atoms with van der Waals surface area (Å²) in [5.41, 5.74) is 26.1. The summed E-state index contributed by atoms with van der Waals surface area (Å²) in [5, 5.41) is 0. The molecule has 0 amide bonds. The van der Waals surface area contributed by atoms with Crippen LogP contribution in [0.25, 0.3) is 22.3 Å². The molecule has 4 heteroatoms. The SMILES string of the molecule is CC1(C)CCC(C)(C)c2cc(N3c4cc(-c5ccccc5)cc5c4B4c6cc7c(cc6N5c5cc6c(cc5-c5ccccc5)C(C)(C)CCC6(C)C)C(C)(C)CCC7(C)CC5(C)CCC(C)(C)c6oc3c4c65)ccc21. The van der Waals surface area contributed by atoms with Crippen molar-refractivity contribution in [3.8, 4) is 22.3 Å². The zero-order chi connectivity index (χ0) is 52.4. The van der Waals surface area contributed by atoms with Crippen LogP contribution in [-0.2, 0) is 43.3 Å². The van der Waals surface area contributed by atoms with Crippen LogP contribution in [0.3, 0.4) is 0 Å². The summed E-state index contributed by atoms with van der Waals surface area (Å²) in [4.78, 5) is 5.44. The number of rotatable bonds is 4. The standard InChI is InChI=1S/C71H79BN2O/c1-64(2)27-28-65(3,4)49-37-46(25-26-48(49)64)73-57-35-45(43-21-17-15-18-22-43)36-58-60(57)72-54-39-53-52(68(9,10)31-33-70(53,13)42-71(14)34-32-69(11,12)62-59(71)61(72)63(73)75-62)41-56(54)74(58)55-40-51-50(66(5,6)29-30-67(51,7)8)38-47(55)44-23-19-16-20-24-44/h15-26,35-41H,27-34,42H2,1-14H3. The molecule has 4 heterocycles. The van der Waals surface area contributed by atoms with Crippen LogP contribution in [0.2, 0.25) is 0 Å². The van der Waals surface area contributed by atoms with E-state index in [0.29, 0.717) is 0 Å². The first-order valence-electron chi connectivity index (χ1n) is 28.9. The van der Waals surface area contributed by atoms with Crippen LogP contribution in [-0.4, -0.2) is 6.71 Å². The van der Waals surface area contributed by atoms with E-state index in [1.54, 1.807) is 5.56 Å². The molecule has 14 rings (SSSR count). The molecule has 2 bridgehead atoms. The van der Waals surface area contributed by atoms with Gasteiger partial charge in [-0.25, -0.2) is 0 Å². The first-order chi connectivity index (χ1) is 35.3. The fraction of sp³-hybridized carbons (Fsp3) is 0.437. The smallest absolute Gasteiger partial charge is 0.256 e. The Morgan fingerprint density at radius 2 is 0.893 bits per heavy atom. The van der Waals surface area contributed by atoms with Crippen molar-refractivity contribution in [1.82, 2.24) is 0 Å². The highest BCUT2D eigenvalue weighted by Crippen LogP contribution is 2.61. The van der Waals surface area contributed by atoms with Gasteiger partial charge in [0, 0.05) is 33.7 Å². The molecule has 0 saturated heterocycles. The summed E-state index contributed by atoms with van der Waals surface area (Å²) in [7, 11) is 0. The minimum Gasteiger partial charge on any atom is -0.444 e. The summed E-state index contributed by atoms with van der Waals surface area (Å²) in [6, 6.07) is 46.1. The molecule has 0 fully saturated rings. The van der Waals surface area contributed by atoms with E-state index in [9.17, 15) is 0 Å². The van der Waals surface area contributed by atoms with Crippen molar-refractivity contribution < 1.29 is 4.42 Å². The molecular formula is C71H79BN2O. The van der Waals surface area contributed by atoms with Crippen LogP contribution in [0.4, 0.5) is 34.3 Å². The second-order valence-electron chi connectivity index (χ2n) is 29.5. The lowest BCUT2D eigenvalue weighted by molar-refractivity contribution is 0.197. The van der Waals surface area contributed by atoms with Crippen molar-refractivity contribution in [3.05, 3.63) is 160 Å². The molecule has 3 aliphatic heterocycles. The monoisotopic (exact) mass is 987 g/mol. The fourth-order valence-corrected chi connectivity index (χ4v) is 16.6. The zero-order valence-corrected chi connectivity index (χ0v) is 47.7. The van der Waals surface area contributed by atoms with Crippen LogP contribution in [0, 0.1) is 0 Å². The highest BCUT2D eigenvalue weighted by atomic mass is 16.4. The molecule has 7 aromatic rings. The molecule has 75 heavy (non-hydrogen) atoms. The Balaban J connectivity index is 1.18. The number of hydrogen-bond acceptors (Lipinski definition) is 3. The Bertz CT molecular complexity index is 3590. The molecule has 2 atom stereocenters. The van der Waals surface area contributed by atoms with E-state index >= 15 is 0 Å². The zero-order valence-electron chi connectivity index (χ0n) is 47.7. The Morgan fingerprint density at radius 1 is 0.387 bits per heavy atom. The molecule has 7 aliphatic rings. The molecule has 0 spiro atoms. The lowest BCUT2D eigenvalue weighted by Crippen LogP contribution is -2.62. The highest BCUT2D eigenvalue weighted by Gasteiger charge is 2.58. The lowest BCUT2D eigenvalue weighted by atomic mass is 9.32. The molecule has 382 valence electrons. The van der Waals surface area contributed by atoms with Gasteiger partial charge in [-0.2, -0.15) is 0 Å². The van der Waals surface area contributed by atoms with E-state index in [2.05, 4.69) is 222 Å². The number of hydrogen-bond donors (Lipinski definition) is 0. The minimum atomic E-state index is -0.130. The predicted octanol–water partition coefficient (Wildman–Crippen LogP) is 17.5. The maximum absolute atomic E-state index is 7.96. The average Bonchev–Trinajstić information content (AvgIpc) is 3.81. The summed E-state index contributed by atoms with van der Waals surface area (Å²) in [6.45, 7) is 35.1. The molecule has 0 saturated carbocycles. The van der Waals surface area contributed by atoms with Gasteiger partial charge in [-0.05, 0) is 210 Å². The molecule has 6 aromatic carbocycles. The summed E-state index contributed by atoms with van der Waals surface area (Å²) < 4.78 is 7.96. The second kappa shape index (κ2) is 15.0. The summed E-state index contributed by atoms with van der Waals surface area (Å²) in [5.74, 6) is 2.25. The molecule has 4 aliphatic carbocycles. The topological polar surface area (TPSA) is 19.6 Å². The van der Waals surface area contributed by atoms with Gasteiger partial charge in [0.2, 0.25) is 0 Å². The van der Waals surface area contributed by atoms with Gasteiger partial charge < -0.3 is 9.32 Å². The van der Waals surface area contributed by atoms with E-state index in [4.69, 9.17) is 4.42 Å². The summed E-state index contributed by atoms with van der Waals surface area (Å²) >= 11 is 0. The van der Waals surface area contributed by atoms with E-state index < -0.39 is 0 Å². The third-order valence-corrected chi connectivity index (χ3v) is 21.5. The van der Waals surface area contributed by atoms with E-state index in [0.717, 1.165) is 44.4 Å². The van der Waals surface area contributed by atoms with Gasteiger partial charge in [0.25, 0.3) is 6.71 Å². The number of nitrogens with zero attached hydrogens (tertiary/aromatic N) is 2. The molecule has 3 nitrogen and oxygen atoms in total. The largest absolute Gasteiger partial charge is 0.444 e. The third-order valence-electron chi connectivity index (χ3n) is 21.5. The Morgan fingerprint density at radius 3 is 1.53 bits per heavy atom. The van der Waals surface area contributed by atoms with E-state index in [1.807, 2.05) is 0 Å². The minimum absolute atomic E-state index is 0.00645. The van der Waals surface area contributed by atoms with Crippen LogP contribution in [0.1, 0.15) is 199 Å². The van der Waals surface area contributed by atoms with Gasteiger partial charge >= 0.3 is 0 Å². The van der Waals surface area contributed by atoms with E-state index in [1.165, 1.54) is 125 Å². The quantitative estimate of drug-likeness (QED) is 0.164. The van der Waals surface area contributed by atoms with Crippen molar-refractivity contribution in [1.29, 1.82) is 0 Å². The predicted molar refractivity (Wildman–Crippen MR) is 318 cm³/mol. The van der Waals surface area contributed by atoms with Crippen LogP contribution in [0.15, 0.2) is 120 Å². The van der Waals surface area contributed by atoms with Gasteiger partial charge in [0.05, 0.1) is 5.69 Å². The average molecular weight is 987 g/mol. The van der Waals surface area contributed by atoms with Crippen molar-refractivity contribution in [3.63, 3.8) is 0 Å². The Hall–Kier alpha value is -5.74. The number of benzene rings is 6. The van der Waals surface area contributed by atoms with Crippen molar-refractivity contribution >= 4 is 57.4 Å². The van der Waals surface area contributed by atoms with Crippen LogP contribution in [0.5, 0.6) is 0 Å². The van der Waals surface area contributed by atoms with Gasteiger partial charge in [-0.15, -0.1) is 0 Å². The second-order valence-corrected chi connectivity index (χ2v) is 29.5. The highest BCUT2D eigenvalue weighted by molar-refractivity contribution is 7.00. The van der Waals surface area contributed by atoms with Gasteiger partial charge in [0.1, 0.15) is 5.76 Å². The number of fused-ring (bicyclic) bond motifs is 2. The first-order valence-corrected chi connectivity index (χ1v) is 28.9. The molecule has 2 unspecified atom stereocenters. The third kappa shape index (κ3) is 6.59. The van der Waals surface area contributed by atoms with Gasteiger partial charge in [-0.1, -0.05) is 170 Å². The Kier molecular flexibility index (Phi) is 9.57. The van der Waals surface area contributed by atoms with Crippen LogP contribution >= 0.6 is 0 Å². The maximum Gasteiger partial charge on any atom is 0.256 e. The number of anilines is 6. The lowest BCUT2D eigenvalue weighted by Gasteiger charge is -2.50. The van der Waals surface area contributed by atoms with Gasteiger partial charge in [-0.3, -0.25) is 4.90 Å². The van der Waals surface area contributed by atoms with E-state index in [-0.39, 0.29) is 50.0 Å². The fourth-order valence-electron chi connectivity index (χ4n) is 16.6. The molecule has 0 radical (unpaired) electrons. The molecular weight excluding hydrogens is 908 g/mol. The Labute approximate surface area is 449 Å². The van der Waals surface area contributed by atoms with Crippen LogP contribution < -0.4 is 26.2 Å². The first kappa shape index (κ1) is 47.7. The summed E-state index contributed by atoms with van der Waals surface area (Å²) in [6.07, 6.45) is 10.4. The normalized spacial score (nSPS) is 24.9. The molecule has 0 N–H and O–H groups in total. The maximum atomic E-state index is 7.96. The van der Waals surface area contributed by atoms with Crippen molar-refractivity contribution in [2.24, 2.45) is 0 Å². The van der Waals surface area contributed by atoms with Crippen molar-refractivity contribution in [2.45, 2.75) is 198 Å². The molecule has 1 aromatic heterocycles. The number of furan rings is 1. The van der Waals surface area contributed by atoms with Gasteiger partial charge in [0.15, 0.2) is 5.88 Å².